The summed E-state index contributed by atoms with van der Waals surface area (Å²) in [6, 6.07) is 15.6. The molecule has 0 aromatic heterocycles. The van der Waals surface area contributed by atoms with Crippen molar-refractivity contribution < 1.29 is 5.11 Å². The van der Waals surface area contributed by atoms with Gasteiger partial charge in [0.15, 0.2) is 0 Å². The summed E-state index contributed by atoms with van der Waals surface area (Å²) in [7, 11) is 4.11. The molecule has 0 aliphatic rings. The summed E-state index contributed by atoms with van der Waals surface area (Å²) in [4.78, 5) is 2.14. The minimum Gasteiger partial charge on any atom is -0.507 e. The summed E-state index contributed by atoms with van der Waals surface area (Å²) in [6.07, 6.45) is 0.977. The van der Waals surface area contributed by atoms with Crippen molar-refractivity contribution >= 4 is 27.2 Å². The van der Waals surface area contributed by atoms with Crippen LogP contribution in [-0.4, -0.2) is 37.2 Å². The molecular formula is C19H21N3O. The highest BCUT2D eigenvalue weighted by Gasteiger charge is 2.12. The lowest BCUT2D eigenvalue weighted by molar-refractivity contribution is 0.402. The number of aromatic hydroxyl groups is 1. The van der Waals surface area contributed by atoms with Gasteiger partial charge >= 0.3 is 0 Å². The van der Waals surface area contributed by atoms with Gasteiger partial charge in [-0.1, -0.05) is 48.5 Å². The van der Waals surface area contributed by atoms with Crippen molar-refractivity contribution in [2.45, 2.75) is 6.42 Å². The molecule has 0 spiro atoms. The largest absolute Gasteiger partial charge is 0.507 e. The molecule has 0 atom stereocenters. The highest BCUT2D eigenvalue weighted by molar-refractivity contribution is 6.14. The quantitative estimate of drug-likeness (QED) is 0.420. The second-order valence-electron chi connectivity index (χ2n) is 5.91. The zero-order valence-electron chi connectivity index (χ0n) is 13.5. The molecule has 3 aromatic carbocycles. The van der Waals surface area contributed by atoms with Crippen molar-refractivity contribution in [3.63, 3.8) is 0 Å². The number of fused-ring (bicyclic) bond motifs is 2. The maximum atomic E-state index is 10.5. The van der Waals surface area contributed by atoms with Gasteiger partial charge in [-0.3, -0.25) is 0 Å². The molecular weight excluding hydrogens is 286 g/mol. The van der Waals surface area contributed by atoms with Gasteiger partial charge in [-0.05, 0) is 27.1 Å². The van der Waals surface area contributed by atoms with Crippen LogP contribution in [0.3, 0.4) is 0 Å². The van der Waals surface area contributed by atoms with E-state index in [0.717, 1.165) is 40.2 Å². The lowest BCUT2D eigenvalue weighted by Gasteiger charge is -2.10. The Morgan fingerprint density at radius 2 is 1.39 bits per heavy atom. The SMILES string of the molecule is CN(C)CCCN=Nc1c2ccccc2c(O)c2ccccc12. The van der Waals surface area contributed by atoms with Crippen molar-refractivity contribution in [2.24, 2.45) is 10.2 Å². The second-order valence-corrected chi connectivity index (χ2v) is 5.91. The molecule has 0 amide bonds. The fourth-order valence-electron chi connectivity index (χ4n) is 2.77. The third kappa shape index (κ3) is 3.17. The van der Waals surface area contributed by atoms with Crippen molar-refractivity contribution in [1.29, 1.82) is 0 Å². The molecule has 3 aromatic rings. The monoisotopic (exact) mass is 307 g/mol. The van der Waals surface area contributed by atoms with E-state index in [2.05, 4.69) is 29.2 Å². The summed E-state index contributed by atoms with van der Waals surface area (Å²) in [5, 5.41) is 22.9. The van der Waals surface area contributed by atoms with Gasteiger partial charge < -0.3 is 10.0 Å². The van der Waals surface area contributed by atoms with Crippen LogP contribution >= 0.6 is 0 Å². The molecule has 118 valence electrons. The predicted molar refractivity (Wildman–Crippen MR) is 95.7 cm³/mol. The van der Waals surface area contributed by atoms with Crippen molar-refractivity contribution in [1.82, 2.24) is 4.90 Å². The number of phenolic OH excluding ortho intramolecular Hbond substituents is 1. The number of rotatable bonds is 5. The topological polar surface area (TPSA) is 48.2 Å². The van der Waals surface area contributed by atoms with Gasteiger partial charge in [0, 0.05) is 21.5 Å². The van der Waals surface area contributed by atoms with E-state index in [1.165, 1.54) is 0 Å². The average Bonchev–Trinajstić information content (AvgIpc) is 2.57. The van der Waals surface area contributed by atoms with Crippen LogP contribution in [-0.2, 0) is 0 Å². The van der Waals surface area contributed by atoms with Gasteiger partial charge in [0.25, 0.3) is 0 Å². The van der Waals surface area contributed by atoms with Crippen LogP contribution in [0.2, 0.25) is 0 Å². The van der Waals surface area contributed by atoms with Gasteiger partial charge in [0.05, 0.1) is 6.54 Å². The zero-order chi connectivity index (χ0) is 16.2. The summed E-state index contributed by atoms with van der Waals surface area (Å²) in [5.74, 6) is 0.308. The molecule has 0 aliphatic carbocycles. The Kier molecular flexibility index (Phi) is 4.53. The van der Waals surface area contributed by atoms with E-state index in [1.54, 1.807) is 0 Å². The zero-order valence-corrected chi connectivity index (χ0v) is 13.5. The van der Waals surface area contributed by atoms with Crippen molar-refractivity contribution in [3.05, 3.63) is 48.5 Å². The summed E-state index contributed by atoms with van der Waals surface area (Å²) >= 11 is 0. The van der Waals surface area contributed by atoms with E-state index in [1.807, 2.05) is 48.5 Å². The maximum Gasteiger partial charge on any atom is 0.131 e. The third-order valence-corrected chi connectivity index (χ3v) is 3.91. The number of hydrogen-bond acceptors (Lipinski definition) is 4. The van der Waals surface area contributed by atoms with Gasteiger partial charge in [-0.15, -0.1) is 0 Å². The molecule has 0 aliphatic heterocycles. The minimum atomic E-state index is 0.308. The first-order valence-corrected chi connectivity index (χ1v) is 7.83. The highest BCUT2D eigenvalue weighted by Crippen LogP contribution is 2.41. The van der Waals surface area contributed by atoms with Crippen LogP contribution in [0.25, 0.3) is 21.5 Å². The standard InChI is InChI=1S/C19H21N3O/c1-22(2)13-7-12-20-21-18-14-8-3-5-10-16(14)19(23)17-11-6-4-9-15(17)18/h3-6,8-11,23H,7,12-13H2,1-2H3. The molecule has 4 nitrogen and oxygen atoms in total. The lowest BCUT2D eigenvalue weighted by Crippen LogP contribution is -2.13. The van der Waals surface area contributed by atoms with Gasteiger partial charge in [-0.25, -0.2) is 0 Å². The van der Waals surface area contributed by atoms with E-state index in [4.69, 9.17) is 0 Å². The molecule has 0 radical (unpaired) electrons. The van der Waals surface area contributed by atoms with E-state index in [-0.39, 0.29) is 0 Å². The smallest absolute Gasteiger partial charge is 0.131 e. The van der Waals surface area contributed by atoms with Gasteiger partial charge in [0.1, 0.15) is 11.4 Å². The van der Waals surface area contributed by atoms with E-state index >= 15 is 0 Å². The minimum absolute atomic E-state index is 0.308. The Hall–Kier alpha value is -2.46. The number of nitrogens with zero attached hydrogens (tertiary/aromatic N) is 3. The van der Waals surface area contributed by atoms with Crippen LogP contribution in [0.5, 0.6) is 5.75 Å². The molecule has 0 saturated heterocycles. The van der Waals surface area contributed by atoms with E-state index in [0.29, 0.717) is 12.3 Å². The molecule has 0 fully saturated rings. The number of benzene rings is 3. The Balaban J connectivity index is 2.06. The molecule has 0 bridgehead atoms. The number of azo groups is 1. The molecule has 23 heavy (non-hydrogen) atoms. The number of hydrogen-bond donors (Lipinski definition) is 1. The first-order valence-electron chi connectivity index (χ1n) is 7.83. The Labute approximate surface area is 136 Å². The molecule has 0 unspecified atom stereocenters. The first-order chi connectivity index (χ1) is 11.2. The van der Waals surface area contributed by atoms with Crippen LogP contribution < -0.4 is 0 Å². The van der Waals surface area contributed by atoms with Crippen LogP contribution in [0.1, 0.15) is 6.42 Å². The van der Waals surface area contributed by atoms with Crippen molar-refractivity contribution in [2.75, 3.05) is 27.2 Å². The predicted octanol–water partition coefficient (Wildman–Crippen LogP) is 4.73. The second kappa shape index (κ2) is 6.75. The molecule has 3 rings (SSSR count). The molecule has 0 heterocycles. The van der Waals surface area contributed by atoms with Crippen LogP contribution in [0.4, 0.5) is 5.69 Å². The average molecular weight is 307 g/mol. The summed E-state index contributed by atoms with van der Waals surface area (Å²) < 4.78 is 0. The van der Waals surface area contributed by atoms with Crippen molar-refractivity contribution in [3.8, 4) is 5.75 Å². The fourth-order valence-corrected chi connectivity index (χ4v) is 2.77. The summed E-state index contributed by atoms with van der Waals surface area (Å²) in [5.41, 5.74) is 0.832. The normalized spacial score (nSPS) is 12.0. The first kappa shape index (κ1) is 15.4. The van der Waals surface area contributed by atoms with E-state index in [9.17, 15) is 5.11 Å². The van der Waals surface area contributed by atoms with Gasteiger partial charge in [0.2, 0.25) is 0 Å². The lowest BCUT2D eigenvalue weighted by atomic mass is 10.00. The molecule has 1 N–H and O–H groups in total. The Morgan fingerprint density at radius 1 is 0.870 bits per heavy atom. The van der Waals surface area contributed by atoms with Gasteiger partial charge in [-0.2, -0.15) is 10.2 Å². The maximum absolute atomic E-state index is 10.5. The summed E-state index contributed by atoms with van der Waals surface area (Å²) in [6.45, 7) is 1.69. The van der Waals surface area contributed by atoms with Crippen LogP contribution in [0, 0.1) is 0 Å². The fraction of sp³-hybridized carbons (Fsp3) is 0.263. The van der Waals surface area contributed by atoms with Crippen LogP contribution in [0.15, 0.2) is 58.8 Å². The number of phenols is 1. The third-order valence-electron chi connectivity index (χ3n) is 3.91. The Bertz CT molecular complexity index is 799. The highest BCUT2D eigenvalue weighted by atomic mass is 16.3. The van der Waals surface area contributed by atoms with E-state index < -0.39 is 0 Å². The molecule has 0 saturated carbocycles. The molecule has 4 heteroatoms. The Morgan fingerprint density at radius 3 is 1.91 bits per heavy atom.